The molecular formula is C20H28ClN3O3S. The molecule has 2 aromatic carbocycles. The molecule has 2 rings (SSSR count). The SMILES string of the molecule is Cc1ccc(S(=O)(=O)N(CCC(=O)NC(C)(C)CN)c2ccccc2)cc1.Cl. The van der Waals surface area contributed by atoms with Gasteiger partial charge in [0.05, 0.1) is 10.6 Å². The highest BCUT2D eigenvalue weighted by Gasteiger charge is 2.26. The number of hydrogen-bond donors (Lipinski definition) is 2. The van der Waals surface area contributed by atoms with Gasteiger partial charge >= 0.3 is 0 Å². The number of sulfonamides is 1. The highest BCUT2D eigenvalue weighted by molar-refractivity contribution is 7.92. The van der Waals surface area contributed by atoms with E-state index in [9.17, 15) is 13.2 Å². The van der Waals surface area contributed by atoms with Crippen molar-refractivity contribution in [3.63, 3.8) is 0 Å². The van der Waals surface area contributed by atoms with E-state index in [0.29, 0.717) is 12.2 Å². The molecule has 0 atom stereocenters. The summed E-state index contributed by atoms with van der Waals surface area (Å²) in [5.74, 6) is -0.245. The minimum absolute atomic E-state index is 0. The van der Waals surface area contributed by atoms with Gasteiger partial charge in [-0.15, -0.1) is 12.4 Å². The Labute approximate surface area is 173 Å². The summed E-state index contributed by atoms with van der Waals surface area (Å²) < 4.78 is 27.6. The Bertz CT molecular complexity index is 869. The summed E-state index contributed by atoms with van der Waals surface area (Å²) in [5.41, 5.74) is 6.59. The Morgan fingerprint density at radius 3 is 2.18 bits per heavy atom. The number of nitrogens with one attached hydrogen (secondary N) is 1. The molecule has 3 N–H and O–H groups in total. The molecule has 0 saturated heterocycles. The van der Waals surface area contributed by atoms with E-state index in [1.54, 1.807) is 48.5 Å². The number of carbonyl (C=O) groups is 1. The van der Waals surface area contributed by atoms with Crippen LogP contribution in [0, 0.1) is 6.92 Å². The zero-order chi connectivity index (χ0) is 20.1. The van der Waals surface area contributed by atoms with Gasteiger partial charge in [0.15, 0.2) is 0 Å². The van der Waals surface area contributed by atoms with Crippen molar-refractivity contribution in [2.75, 3.05) is 17.4 Å². The standard InChI is InChI=1S/C20H27N3O3S.ClH/c1-16-9-11-18(12-10-16)27(25,26)23(17-7-5-4-6-8-17)14-13-19(24)22-20(2,3)15-21;/h4-12H,13-15,21H2,1-3H3,(H,22,24);1H. The number of nitrogens with zero attached hydrogens (tertiary/aromatic N) is 1. The first kappa shape index (κ1) is 23.9. The Hall–Kier alpha value is -2.09. The molecule has 0 bridgehead atoms. The second kappa shape index (κ2) is 9.91. The van der Waals surface area contributed by atoms with Crippen molar-refractivity contribution < 1.29 is 13.2 Å². The van der Waals surface area contributed by atoms with Gasteiger partial charge in [-0.3, -0.25) is 9.10 Å². The molecular weight excluding hydrogens is 398 g/mol. The van der Waals surface area contributed by atoms with Crippen molar-refractivity contribution in [1.29, 1.82) is 0 Å². The molecule has 0 aliphatic carbocycles. The summed E-state index contributed by atoms with van der Waals surface area (Å²) in [5, 5.41) is 2.83. The largest absolute Gasteiger partial charge is 0.350 e. The van der Waals surface area contributed by atoms with Crippen LogP contribution in [0.2, 0.25) is 0 Å². The van der Waals surface area contributed by atoms with Gasteiger partial charge in [0.1, 0.15) is 0 Å². The average molecular weight is 426 g/mol. The quantitative estimate of drug-likeness (QED) is 0.680. The normalized spacial score (nSPS) is 11.4. The number of benzene rings is 2. The molecule has 0 radical (unpaired) electrons. The lowest BCUT2D eigenvalue weighted by Gasteiger charge is -2.27. The minimum Gasteiger partial charge on any atom is -0.350 e. The first-order valence-electron chi connectivity index (χ1n) is 8.81. The van der Waals surface area contributed by atoms with E-state index in [0.717, 1.165) is 5.56 Å². The maximum Gasteiger partial charge on any atom is 0.264 e. The van der Waals surface area contributed by atoms with Gasteiger partial charge < -0.3 is 11.1 Å². The number of amides is 1. The highest BCUT2D eigenvalue weighted by Crippen LogP contribution is 2.24. The lowest BCUT2D eigenvalue weighted by atomic mass is 10.1. The fraction of sp³-hybridized carbons (Fsp3) is 0.350. The van der Waals surface area contributed by atoms with Crippen LogP contribution in [0.4, 0.5) is 5.69 Å². The molecule has 1 amide bonds. The topological polar surface area (TPSA) is 92.5 Å². The Morgan fingerprint density at radius 1 is 1.07 bits per heavy atom. The zero-order valence-electron chi connectivity index (χ0n) is 16.4. The minimum atomic E-state index is -3.79. The lowest BCUT2D eigenvalue weighted by molar-refractivity contribution is -0.122. The molecule has 2 aromatic rings. The molecule has 8 heteroatoms. The van der Waals surface area contributed by atoms with Crippen molar-refractivity contribution >= 4 is 34.0 Å². The summed E-state index contributed by atoms with van der Waals surface area (Å²) in [4.78, 5) is 12.5. The molecule has 6 nitrogen and oxygen atoms in total. The third-order valence-electron chi connectivity index (χ3n) is 4.18. The van der Waals surface area contributed by atoms with Crippen LogP contribution in [0.25, 0.3) is 0 Å². The van der Waals surface area contributed by atoms with Crippen molar-refractivity contribution in [2.45, 2.75) is 37.6 Å². The second-order valence-corrected chi connectivity index (χ2v) is 8.97. The smallest absolute Gasteiger partial charge is 0.264 e. The Kier molecular flexibility index (Phi) is 8.48. The third kappa shape index (κ3) is 6.22. The number of para-hydroxylation sites is 1. The number of anilines is 1. The number of aryl methyl sites for hydroxylation is 1. The summed E-state index contributed by atoms with van der Waals surface area (Å²) in [6.07, 6.45) is 0.0312. The van der Waals surface area contributed by atoms with Crippen LogP contribution >= 0.6 is 12.4 Å². The molecule has 0 fully saturated rings. The highest BCUT2D eigenvalue weighted by atomic mass is 35.5. The molecule has 0 unspecified atom stereocenters. The summed E-state index contributed by atoms with van der Waals surface area (Å²) in [7, 11) is -3.79. The maximum absolute atomic E-state index is 13.2. The second-order valence-electron chi connectivity index (χ2n) is 7.11. The summed E-state index contributed by atoms with van der Waals surface area (Å²) in [6.45, 7) is 5.87. The molecule has 154 valence electrons. The van der Waals surface area contributed by atoms with E-state index in [1.165, 1.54) is 4.31 Å². The van der Waals surface area contributed by atoms with Gasteiger partial charge in [-0.25, -0.2) is 8.42 Å². The molecule has 0 aromatic heterocycles. The van der Waals surface area contributed by atoms with Crippen molar-refractivity contribution in [1.82, 2.24) is 5.32 Å². The fourth-order valence-electron chi connectivity index (χ4n) is 2.51. The van der Waals surface area contributed by atoms with Gasteiger partial charge in [0.25, 0.3) is 10.0 Å². The maximum atomic E-state index is 13.2. The van der Waals surface area contributed by atoms with Crippen molar-refractivity contribution in [3.8, 4) is 0 Å². The van der Waals surface area contributed by atoms with E-state index in [4.69, 9.17) is 5.73 Å². The van der Waals surface area contributed by atoms with Crippen LogP contribution in [0.1, 0.15) is 25.8 Å². The molecule has 0 spiro atoms. The van der Waals surface area contributed by atoms with Crippen molar-refractivity contribution in [3.05, 3.63) is 60.2 Å². The monoisotopic (exact) mass is 425 g/mol. The summed E-state index contributed by atoms with van der Waals surface area (Å²) in [6, 6.07) is 15.5. The number of nitrogens with two attached hydrogens (primary N) is 1. The van der Waals surface area contributed by atoms with Crippen LogP contribution < -0.4 is 15.4 Å². The third-order valence-corrected chi connectivity index (χ3v) is 6.02. The molecule has 0 aliphatic heterocycles. The molecule has 28 heavy (non-hydrogen) atoms. The van der Waals surface area contributed by atoms with Crippen LogP contribution in [0.15, 0.2) is 59.5 Å². The van der Waals surface area contributed by atoms with Gasteiger partial charge in [-0.2, -0.15) is 0 Å². The first-order valence-corrected chi connectivity index (χ1v) is 10.3. The molecule has 0 heterocycles. The predicted molar refractivity (Wildman–Crippen MR) is 115 cm³/mol. The lowest BCUT2D eigenvalue weighted by Crippen LogP contribution is -2.49. The Morgan fingerprint density at radius 2 is 1.64 bits per heavy atom. The van der Waals surface area contributed by atoms with E-state index >= 15 is 0 Å². The number of carbonyl (C=O) groups excluding carboxylic acids is 1. The van der Waals surface area contributed by atoms with Crippen LogP contribution in [-0.4, -0.2) is 33.0 Å². The first-order chi connectivity index (χ1) is 12.7. The van der Waals surface area contributed by atoms with Gasteiger partial charge in [0, 0.05) is 25.0 Å². The van der Waals surface area contributed by atoms with E-state index in [-0.39, 0.29) is 36.2 Å². The summed E-state index contributed by atoms with van der Waals surface area (Å²) >= 11 is 0. The van der Waals surface area contributed by atoms with E-state index in [2.05, 4.69) is 5.32 Å². The Balaban J connectivity index is 0.00000392. The van der Waals surface area contributed by atoms with Gasteiger partial charge in [0.2, 0.25) is 5.91 Å². The number of halogens is 1. The number of hydrogen-bond acceptors (Lipinski definition) is 4. The molecule has 0 aliphatic rings. The van der Waals surface area contributed by atoms with Gasteiger partial charge in [-0.1, -0.05) is 35.9 Å². The van der Waals surface area contributed by atoms with Crippen LogP contribution in [0.5, 0.6) is 0 Å². The fourth-order valence-corrected chi connectivity index (χ4v) is 3.98. The van der Waals surface area contributed by atoms with Crippen molar-refractivity contribution in [2.24, 2.45) is 5.73 Å². The zero-order valence-corrected chi connectivity index (χ0v) is 18.0. The van der Waals surface area contributed by atoms with Gasteiger partial charge in [-0.05, 0) is 45.0 Å². The van der Waals surface area contributed by atoms with E-state index in [1.807, 2.05) is 26.8 Å². The predicted octanol–water partition coefficient (Wildman–Crippen LogP) is 2.86. The van der Waals surface area contributed by atoms with Crippen LogP contribution in [-0.2, 0) is 14.8 Å². The average Bonchev–Trinajstić information content (AvgIpc) is 2.62. The van der Waals surface area contributed by atoms with Crippen LogP contribution in [0.3, 0.4) is 0 Å². The van der Waals surface area contributed by atoms with E-state index < -0.39 is 15.6 Å². The number of rotatable bonds is 8. The molecule has 0 saturated carbocycles.